The van der Waals surface area contributed by atoms with Gasteiger partial charge in [0.25, 0.3) is 0 Å². The molecule has 0 aliphatic rings. The van der Waals surface area contributed by atoms with Crippen molar-refractivity contribution in [2.24, 2.45) is 5.73 Å². The van der Waals surface area contributed by atoms with Crippen LogP contribution in [0.2, 0.25) is 10.0 Å². The van der Waals surface area contributed by atoms with Crippen molar-refractivity contribution in [1.82, 2.24) is 9.38 Å². The van der Waals surface area contributed by atoms with Crippen molar-refractivity contribution in [2.75, 3.05) is 0 Å². The molecular formula is C15H13Cl2N3. The van der Waals surface area contributed by atoms with Gasteiger partial charge in [0.15, 0.2) is 0 Å². The van der Waals surface area contributed by atoms with Crippen LogP contribution < -0.4 is 5.73 Å². The molecule has 0 aliphatic heterocycles. The molecule has 5 heteroatoms. The van der Waals surface area contributed by atoms with E-state index in [-0.39, 0.29) is 0 Å². The zero-order chi connectivity index (χ0) is 14.3. The monoisotopic (exact) mass is 305 g/mol. The quantitative estimate of drug-likeness (QED) is 0.775. The SMILES string of the molecule is Cc1cc(-c2nc3ccc(Cl)cn3c2CN)ccc1Cl. The number of imidazole rings is 1. The summed E-state index contributed by atoms with van der Waals surface area (Å²) in [6.45, 7) is 2.36. The van der Waals surface area contributed by atoms with Gasteiger partial charge in [-0.25, -0.2) is 4.98 Å². The average Bonchev–Trinajstić information content (AvgIpc) is 2.79. The second-order valence-corrected chi connectivity index (χ2v) is 5.49. The molecule has 3 aromatic rings. The fraction of sp³-hybridized carbons (Fsp3) is 0.133. The van der Waals surface area contributed by atoms with Gasteiger partial charge in [-0.3, -0.25) is 0 Å². The van der Waals surface area contributed by atoms with E-state index in [0.717, 1.165) is 33.2 Å². The van der Waals surface area contributed by atoms with Gasteiger partial charge >= 0.3 is 0 Å². The van der Waals surface area contributed by atoms with E-state index in [1.165, 1.54) is 0 Å². The third-order valence-corrected chi connectivity index (χ3v) is 3.95. The maximum atomic E-state index is 6.07. The molecular weight excluding hydrogens is 293 g/mol. The van der Waals surface area contributed by atoms with Gasteiger partial charge in [0.05, 0.1) is 16.4 Å². The number of nitrogens with zero attached hydrogens (tertiary/aromatic N) is 2. The lowest BCUT2D eigenvalue weighted by atomic mass is 10.1. The highest BCUT2D eigenvalue weighted by molar-refractivity contribution is 6.31. The lowest BCUT2D eigenvalue weighted by Gasteiger charge is -2.04. The maximum absolute atomic E-state index is 6.07. The number of fused-ring (bicyclic) bond motifs is 1. The molecule has 1 aromatic carbocycles. The minimum atomic E-state index is 0.387. The Hall–Kier alpha value is -1.55. The van der Waals surface area contributed by atoms with Crippen LogP contribution in [-0.4, -0.2) is 9.38 Å². The predicted octanol–water partition coefficient (Wildman–Crippen LogP) is 4.08. The highest BCUT2D eigenvalue weighted by Gasteiger charge is 2.13. The minimum absolute atomic E-state index is 0.387. The van der Waals surface area contributed by atoms with Gasteiger partial charge in [0, 0.05) is 23.3 Å². The molecule has 2 aromatic heterocycles. The smallest absolute Gasteiger partial charge is 0.137 e. The second kappa shape index (κ2) is 5.09. The molecule has 0 fully saturated rings. The molecule has 0 radical (unpaired) electrons. The molecule has 0 aliphatic carbocycles. The van der Waals surface area contributed by atoms with Crippen LogP contribution >= 0.6 is 23.2 Å². The second-order valence-electron chi connectivity index (χ2n) is 4.65. The van der Waals surface area contributed by atoms with Crippen LogP contribution in [0.25, 0.3) is 16.9 Å². The Morgan fingerprint density at radius 2 is 2.00 bits per heavy atom. The Bertz CT molecular complexity index is 793. The molecule has 0 amide bonds. The van der Waals surface area contributed by atoms with Crippen LogP contribution in [0.5, 0.6) is 0 Å². The van der Waals surface area contributed by atoms with E-state index in [9.17, 15) is 0 Å². The first kappa shape index (κ1) is 13.4. The molecule has 0 unspecified atom stereocenters. The fourth-order valence-corrected chi connectivity index (χ4v) is 2.56. The van der Waals surface area contributed by atoms with Gasteiger partial charge in [-0.05, 0) is 36.8 Å². The van der Waals surface area contributed by atoms with Crippen LogP contribution in [0.3, 0.4) is 0 Å². The van der Waals surface area contributed by atoms with Crippen molar-refractivity contribution in [3.63, 3.8) is 0 Å². The van der Waals surface area contributed by atoms with E-state index in [2.05, 4.69) is 4.98 Å². The van der Waals surface area contributed by atoms with Gasteiger partial charge in [-0.2, -0.15) is 0 Å². The lowest BCUT2D eigenvalue weighted by molar-refractivity contribution is 0.962. The van der Waals surface area contributed by atoms with E-state index in [4.69, 9.17) is 28.9 Å². The van der Waals surface area contributed by atoms with Crippen LogP contribution in [0.15, 0.2) is 36.5 Å². The third-order valence-electron chi connectivity index (χ3n) is 3.31. The number of aromatic nitrogens is 2. The maximum Gasteiger partial charge on any atom is 0.137 e. The van der Waals surface area contributed by atoms with Crippen molar-refractivity contribution in [2.45, 2.75) is 13.5 Å². The lowest BCUT2D eigenvalue weighted by Crippen LogP contribution is -2.02. The predicted molar refractivity (Wildman–Crippen MR) is 83.3 cm³/mol. The van der Waals surface area contributed by atoms with Gasteiger partial charge < -0.3 is 10.1 Å². The summed E-state index contributed by atoms with van der Waals surface area (Å²) in [5.74, 6) is 0. The summed E-state index contributed by atoms with van der Waals surface area (Å²) in [5.41, 5.74) is 10.5. The number of halogens is 2. The summed E-state index contributed by atoms with van der Waals surface area (Å²) in [5, 5.41) is 1.40. The zero-order valence-corrected chi connectivity index (χ0v) is 12.4. The number of nitrogens with two attached hydrogens (primary N) is 1. The van der Waals surface area contributed by atoms with Crippen LogP contribution in [0.4, 0.5) is 0 Å². The van der Waals surface area contributed by atoms with Gasteiger partial charge in [-0.15, -0.1) is 0 Å². The van der Waals surface area contributed by atoms with Gasteiger partial charge in [0.1, 0.15) is 5.65 Å². The highest BCUT2D eigenvalue weighted by atomic mass is 35.5. The molecule has 2 heterocycles. The minimum Gasteiger partial charge on any atom is -0.325 e. The van der Waals surface area contributed by atoms with E-state index in [1.807, 2.05) is 47.9 Å². The molecule has 20 heavy (non-hydrogen) atoms. The molecule has 3 nitrogen and oxygen atoms in total. The first-order valence-corrected chi connectivity index (χ1v) is 6.99. The summed E-state index contributed by atoms with van der Waals surface area (Å²) in [7, 11) is 0. The molecule has 2 N–H and O–H groups in total. The first-order valence-electron chi connectivity index (χ1n) is 6.23. The van der Waals surface area contributed by atoms with Crippen LogP contribution in [-0.2, 0) is 6.54 Å². The van der Waals surface area contributed by atoms with E-state index in [0.29, 0.717) is 11.6 Å². The summed E-state index contributed by atoms with van der Waals surface area (Å²) in [6.07, 6.45) is 1.83. The van der Waals surface area contributed by atoms with Crippen molar-refractivity contribution >= 4 is 28.8 Å². The average molecular weight is 306 g/mol. The Balaban J connectivity index is 2.27. The Kier molecular flexibility index (Phi) is 3.42. The van der Waals surface area contributed by atoms with Crippen LogP contribution in [0.1, 0.15) is 11.3 Å². The van der Waals surface area contributed by atoms with E-state index >= 15 is 0 Å². The number of aryl methyl sites for hydroxylation is 1. The van der Waals surface area contributed by atoms with Crippen molar-refractivity contribution < 1.29 is 0 Å². The van der Waals surface area contributed by atoms with E-state index in [1.54, 1.807) is 0 Å². The summed E-state index contributed by atoms with van der Waals surface area (Å²) >= 11 is 12.1. The molecule has 0 spiro atoms. The number of hydrogen-bond donors (Lipinski definition) is 1. The number of rotatable bonds is 2. The molecule has 3 rings (SSSR count). The molecule has 0 saturated heterocycles. The molecule has 0 atom stereocenters. The van der Waals surface area contributed by atoms with Crippen molar-refractivity contribution in [3.8, 4) is 11.3 Å². The summed E-state index contributed by atoms with van der Waals surface area (Å²) < 4.78 is 1.93. The highest BCUT2D eigenvalue weighted by Crippen LogP contribution is 2.28. The van der Waals surface area contributed by atoms with Crippen LogP contribution in [0, 0.1) is 6.92 Å². The Labute approximate surface area is 127 Å². The molecule has 0 saturated carbocycles. The van der Waals surface area contributed by atoms with Gasteiger partial charge in [0.2, 0.25) is 0 Å². The standard InChI is InChI=1S/C15H13Cl2N3/c1-9-6-10(2-4-12(9)17)15-13(7-18)20-8-11(16)3-5-14(20)19-15/h2-6,8H,7,18H2,1H3. The summed E-state index contributed by atoms with van der Waals surface area (Å²) in [6, 6.07) is 9.56. The van der Waals surface area contributed by atoms with Crippen molar-refractivity contribution in [3.05, 3.63) is 57.8 Å². The first-order chi connectivity index (χ1) is 9.60. The largest absolute Gasteiger partial charge is 0.325 e. The number of pyridine rings is 1. The van der Waals surface area contributed by atoms with Gasteiger partial charge in [-0.1, -0.05) is 29.3 Å². The number of hydrogen-bond acceptors (Lipinski definition) is 2. The Morgan fingerprint density at radius 3 is 2.70 bits per heavy atom. The zero-order valence-electron chi connectivity index (χ0n) is 10.9. The molecule has 102 valence electrons. The number of benzene rings is 1. The Morgan fingerprint density at radius 1 is 1.20 bits per heavy atom. The van der Waals surface area contributed by atoms with Crippen molar-refractivity contribution in [1.29, 1.82) is 0 Å². The topological polar surface area (TPSA) is 43.3 Å². The summed E-state index contributed by atoms with van der Waals surface area (Å²) in [4.78, 5) is 4.65. The van der Waals surface area contributed by atoms with E-state index < -0.39 is 0 Å². The normalized spacial score (nSPS) is 11.2. The molecule has 0 bridgehead atoms. The fourth-order valence-electron chi connectivity index (χ4n) is 2.29. The third kappa shape index (κ3) is 2.18.